The summed E-state index contributed by atoms with van der Waals surface area (Å²) in [6, 6.07) is 17.5. The predicted molar refractivity (Wildman–Crippen MR) is 97.6 cm³/mol. The van der Waals surface area contributed by atoms with Gasteiger partial charge in [-0.3, -0.25) is 4.79 Å². The number of hydrogen-bond acceptors (Lipinski definition) is 5. The number of benzene rings is 2. The molecule has 1 aromatic heterocycles. The molecule has 0 fully saturated rings. The number of thioether (sulfide) groups is 1. The number of carbonyl (C=O) groups excluding carboxylic acids is 1. The minimum atomic E-state index is 0.0701. The first-order valence-corrected chi connectivity index (χ1v) is 9.00. The van der Waals surface area contributed by atoms with Gasteiger partial charge in [0.25, 0.3) is 0 Å². The highest BCUT2D eigenvalue weighted by Gasteiger charge is 2.12. The molecule has 0 atom stereocenters. The lowest BCUT2D eigenvalue weighted by Crippen LogP contribution is -2.07. The Balaban J connectivity index is 1.64. The minimum Gasteiger partial charge on any atom is -0.293 e. The van der Waals surface area contributed by atoms with Crippen molar-refractivity contribution in [2.75, 3.05) is 5.75 Å². The van der Waals surface area contributed by atoms with E-state index >= 15 is 0 Å². The number of Topliss-reactive ketones (excluding diaryl/α,β-unsaturated/α-hetero) is 1. The van der Waals surface area contributed by atoms with Crippen molar-refractivity contribution in [3.63, 3.8) is 0 Å². The molecule has 0 amide bonds. The van der Waals surface area contributed by atoms with Crippen LogP contribution >= 0.6 is 34.4 Å². The molecule has 0 radical (unpaired) electrons. The van der Waals surface area contributed by atoms with Crippen molar-refractivity contribution in [3.8, 4) is 0 Å². The van der Waals surface area contributed by atoms with E-state index in [0.717, 1.165) is 9.13 Å². The zero-order chi connectivity index (χ0) is 16.1. The highest BCUT2D eigenvalue weighted by Crippen LogP contribution is 2.17. The Labute approximate surface area is 151 Å². The number of carbonyl (C=O) groups is 1. The van der Waals surface area contributed by atoms with Crippen LogP contribution in [0.4, 0.5) is 0 Å². The summed E-state index contributed by atoms with van der Waals surface area (Å²) >= 11 is 3.57. The smallest absolute Gasteiger partial charge is 0.210 e. The Hall–Kier alpha value is -1.74. The molecule has 0 saturated carbocycles. The summed E-state index contributed by atoms with van der Waals surface area (Å²) in [6.07, 6.45) is 0. The van der Waals surface area contributed by atoms with Crippen LogP contribution in [0, 0.1) is 3.57 Å². The third-order valence-corrected chi connectivity index (χ3v) is 4.85. The van der Waals surface area contributed by atoms with Gasteiger partial charge in [-0.25, -0.2) is 4.68 Å². The van der Waals surface area contributed by atoms with Crippen LogP contribution in [0.2, 0.25) is 0 Å². The van der Waals surface area contributed by atoms with E-state index in [-0.39, 0.29) is 5.78 Å². The molecular weight excluding hydrogens is 423 g/mol. The summed E-state index contributed by atoms with van der Waals surface area (Å²) < 4.78 is 2.82. The predicted octanol–water partition coefficient (Wildman–Crippen LogP) is 3.30. The van der Waals surface area contributed by atoms with Crippen LogP contribution in [0.25, 0.3) is 0 Å². The second-order valence-corrected chi connectivity index (χ2v) is 7.01. The Morgan fingerprint density at radius 3 is 2.57 bits per heavy atom. The standard InChI is InChI=1S/C16H13IN4OS/c17-14-8-6-13(7-9-14)15(22)11-23-16-18-19-20-21(16)10-12-4-2-1-3-5-12/h1-9H,10-11H2. The van der Waals surface area contributed by atoms with Crippen LogP contribution in [0.3, 0.4) is 0 Å². The molecule has 23 heavy (non-hydrogen) atoms. The van der Waals surface area contributed by atoms with Crippen molar-refractivity contribution in [1.82, 2.24) is 20.2 Å². The first kappa shape index (κ1) is 16.1. The Morgan fingerprint density at radius 1 is 1.09 bits per heavy atom. The van der Waals surface area contributed by atoms with Crippen molar-refractivity contribution < 1.29 is 4.79 Å². The van der Waals surface area contributed by atoms with Crippen LogP contribution in [0.5, 0.6) is 0 Å². The summed E-state index contributed by atoms with van der Waals surface area (Å²) in [4.78, 5) is 12.2. The summed E-state index contributed by atoms with van der Waals surface area (Å²) in [5.41, 5.74) is 1.82. The average molecular weight is 436 g/mol. The topological polar surface area (TPSA) is 60.7 Å². The number of nitrogens with zero attached hydrogens (tertiary/aromatic N) is 4. The van der Waals surface area contributed by atoms with Gasteiger partial charge in [-0.15, -0.1) is 5.10 Å². The van der Waals surface area contributed by atoms with Crippen molar-refractivity contribution in [2.24, 2.45) is 0 Å². The molecular formula is C16H13IN4OS. The number of aromatic nitrogens is 4. The number of ketones is 1. The first-order valence-electron chi connectivity index (χ1n) is 6.94. The van der Waals surface area contributed by atoms with Gasteiger partial charge in [-0.1, -0.05) is 54.2 Å². The van der Waals surface area contributed by atoms with Gasteiger partial charge in [0.2, 0.25) is 5.16 Å². The Morgan fingerprint density at radius 2 is 1.83 bits per heavy atom. The zero-order valence-corrected chi connectivity index (χ0v) is 15.1. The lowest BCUT2D eigenvalue weighted by molar-refractivity contribution is 0.102. The molecule has 0 N–H and O–H groups in total. The van der Waals surface area contributed by atoms with Gasteiger partial charge in [0.05, 0.1) is 12.3 Å². The van der Waals surface area contributed by atoms with E-state index in [0.29, 0.717) is 23.0 Å². The lowest BCUT2D eigenvalue weighted by Gasteiger charge is -2.04. The van der Waals surface area contributed by atoms with Gasteiger partial charge in [0.15, 0.2) is 5.78 Å². The molecule has 0 spiro atoms. The second kappa shape index (κ2) is 7.69. The monoisotopic (exact) mass is 436 g/mol. The van der Waals surface area contributed by atoms with Gasteiger partial charge in [-0.2, -0.15) is 0 Å². The molecule has 0 aliphatic carbocycles. The fourth-order valence-electron chi connectivity index (χ4n) is 2.00. The number of hydrogen-bond donors (Lipinski definition) is 0. The second-order valence-electron chi connectivity index (χ2n) is 4.82. The fourth-order valence-corrected chi connectivity index (χ4v) is 3.14. The van der Waals surface area contributed by atoms with Gasteiger partial charge < -0.3 is 0 Å². The number of rotatable bonds is 6. The first-order chi connectivity index (χ1) is 11.2. The summed E-state index contributed by atoms with van der Waals surface area (Å²) in [6.45, 7) is 0.591. The minimum absolute atomic E-state index is 0.0701. The van der Waals surface area contributed by atoms with Gasteiger partial charge >= 0.3 is 0 Å². The molecule has 0 bridgehead atoms. The molecule has 5 nitrogen and oxygen atoms in total. The maximum atomic E-state index is 12.2. The van der Waals surface area contributed by atoms with Gasteiger partial charge in [-0.05, 0) is 50.7 Å². The number of halogens is 1. The summed E-state index contributed by atoms with van der Waals surface area (Å²) in [5.74, 6) is 0.385. The summed E-state index contributed by atoms with van der Waals surface area (Å²) in [5, 5.41) is 12.4. The fraction of sp³-hybridized carbons (Fsp3) is 0.125. The molecule has 7 heteroatoms. The van der Waals surface area contributed by atoms with Crippen molar-refractivity contribution in [3.05, 3.63) is 69.3 Å². The molecule has 2 aromatic carbocycles. The normalized spacial score (nSPS) is 10.7. The van der Waals surface area contributed by atoms with Crippen molar-refractivity contribution in [2.45, 2.75) is 11.7 Å². The van der Waals surface area contributed by atoms with E-state index in [4.69, 9.17) is 0 Å². The molecule has 0 unspecified atom stereocenters. The van der Waals surface area contributed by atoms with Gasteiger partial charge in [0.1, 0.15) is 0 Å². The molecule has 0 saturated heterocycles. The van der Waals surface area contributed by atoms with E-state index in [1.165, 1.54) is 11.8 Å². The highest BCUT2D eigenvalue weighted by molar-refractivity contribution is 14.1. The maximum Gasteiger partial charge on any atom is 0.210 e. The van der Waals surface area contributed by atoms with Crippen molar-refractivity contribution in [1.29, 1.82) is 0 Å². The zero-order valence-electron chi connectivity index (χ0n) is 12.1. The SMILES string of the molecule is O=C(CSc1nnnn1Cc1ccccc1)c1ccc(I)cc1. The van der Waals surface area contributed by atoms with E-state index in [1.807, 2.05) is 54.6 Å². The van der Waals surface area contributed by atoms with E-state index < -0.39 is 0 Å². The number of tetrazole rings is 1. The highest BCUT2D eigenvalue weighted by atomic mass is 127. The molecule has 3 aromatic rings. The van der Waals surface area contributed by atoms with Crippen LogP contribution in [0.15, 0.2) is 59.8 Å². The van der Waals surface area contributed by atoms with Crippen molar-refractivity contribution >= 4 is 40.1 Å². The lowest BCUT2D eigenvalue weighted by atomic mass is 10.2. The van der Waals surface area contributed by atoms with Crippen LogP contribution in [0.1, 0.15) is 15.9 Å². The van der Waals surface area contributed by atoms with E-state index in [2.05, 4.69) is 38.1 Å². The third-order valence-electron chi connectivity index (χ3n) is 3.17. The third kappa shape index (κ3) is 4.38. The average Bonchev–Trinajstić information content (AvgIpc) is 3.01. The Bertz CT molecular complexity index is 789. The molecule has 3 rings (SSSR count). The quantitative estimate of drug-likeness (QED) is 0.337. The Kier molecular flexibility index (Phi) is 5.39. The van der Waals surface area contributed by atoms with E-state index in [1.54, 1.807) is 4.68 Å². The van der Waals surface area contributed by atoms with Crippen LogP contribution in [-0.2, 0) is 6.54 Å². The van der Waals surface area contributed by atoms with Gasteiger partial charge in [0, 0.05) is 9.13 Å². The van der Waals surface area contributed by atoms with Crippen LogP contribution < -0.4 is 0 Å². The summed E-state index contributed by atoms with van der Waals surface area (Å²) in [7, 11) is 0. The van der Waals surface area contributed by atoms with E-state index in [9.17, 15) is 4.79 Å². The largest absolute Gasteiger partial charge is 0.293 e. The maximum absolute atomic E-state index is 12.2. The molecule has 0 aliphatic rings. The van der Waals surface area contributed by atoms with Crippen LogP contribution in [-0.4, -0.2) is 31.7 Å². The molecule has 1 heterocycles. The molecule has 116 valence electrons. The molecule has 0 aliphatic heterocycles.